The van der Waals surface area contributed by atoms with E-state index in [9.17, 15) is 8.42 Å². The van der Waals surface area contributed by atoms with Crippen LogP contribution in [-0.4, -0.2) is 21.2 Å². The molecule has 180 valence electrons. The van der Waals surface area contributed by atoms with Crippen molar-refractivity contribution in [3.63, 3.8) is 0 Å². The minimum atomic E-state index is -3.78. The number of benzene rings is 4. The predicted molar refractivity (Wildman–Crippen MR) is 140 cm³/mol. The zero-order valence-corrected chi connectivity index (χ0v) is 20.9. The Morgan fingerprint density at radius 3 is 2.49 bits per heavy atom. The zero-order valence-electron chi connectivity index (χ0n) is 19.4. The van der Waals surface area contributed by atoms with Crippen molar-refractivity contribution in [2.75, 3.05) is 6.61 Å². The molecule has 0 radical (unpaired) electrons. The fourth-order valence-corrected chi connectivity index (χ4v) is 4.64. The van der Waals surface area contributed by atoms with E-state index in [1.807, 2.05) is 38.1 Å². The summed E-state index contributed by atoms with van der Waals surface area (Å²) in [5.74, 6) is 0.863. The highest BCUT2D eigenvalue weighted by atomic mass is 35.5. The third-order valence-corrected chi connectivity index (χ3v) is 6.82. The van der Waals surface area contributed by atoms with Gasteiger partial charge in [0.1, 0.15) is 6.61 Å². The molecule has 0 unspecified atom stereocenters. The molecule has 0 aliphatic heterocycles. The van der Waals surface area contributed by atoms with E-state index in [4.69, 9.17) is 21.1 Å². The molecule has 0 aromatic heterocycles. The summed E-state index contributed by atoms with van der Waals surface area (Å²) in [5, 5.41) is 6.46. The second-order valence-corrected chi connectivity index (χ2v) is 9.92. The number of hydrogen-bond acceptors (Lipinski definition) is 5. The van der Waals surface area contributed by atoms with Crippen LogP contribution < -0.4 is 14.3 Å². The van der Waals surface area contributed by atoms with Crippen LogP contribution in [0.15, 0.2) is 88.9 Å². The van der Waals surface area contributed by atoms with Crippen LogP contribution in [0.4, 0.5) is 0 Å². The van der Waals surface area contributed by atoms with Gasteiger partial charge in [0.25, 0.3) is 10.0 Å². The van der Waals surface area contributed by atoms with Gasteiger partial charge in [0.15, 0.2) is 11.5 Å². The molecule has 0 amide bonds. The molecule has 35 heavy (non-hydrogen) atoms. The summed E-state index contributed by atoms with van der Waals surface area (Å²) >= 11 is 6.53. The molecule has 0 heterocycles. The van der Waals surface area contributed by atoms with Gasteiger partial charge in [0, 0.05) is 0 Å². The Bertz CT molecular complexity index is 1460. The van der Waals surface area contributed by atoms with Crippen molar-refractivity contribution in [2.24, 2.45) is 5.10 Å². The van der Waals surface area contributed by atoms with Gasteiger partial charge in [-0.05, 0) is 60.0 Å². The highest BCUT2D eigenvalue weighted by Gasteiger charge is 2.15. The molecule has 1 N–H and O–H groups in total. The molecule has 4 aromatic rings. The number of nitrogens with zero attached hydrogens (tertiary/aromatic N) is 1. The Hall–Kier alpha value is -3.55. The summed E-state index contributed by atoms with van der Waals surface area (Å²) in [4.78, 5) is 2.35. The van der Waals surface area contributed by atoms with Gasteiger partial charge < -0.3 is 9.47 Å². The zero-order chi connectivity index (χ0) is 24.8. The molecule has 8 heteroatoms. The first-order valence-electron chi connectivity index (χ1n) is 11.0. The lowest BCUT2D eigenvalue weighted by atomic mass is 10.1. The number of nitrogens with one attached hydrogen (secondary N) is 1. The van der Waals surface area contributed by atoms with Crippen LogP contribution >= 0.6 is 11.6 Å². The van der Waals surface area contributed by atoms with Gasteiger partial charge in [-0.15, -0.1) is 0 Å². The van der Waals surface area contributed by atoms with Gasteiger partial charge >= 0.3 is 0 Å². The molecule has 0 saturated carbocycles. The summed E-state index contributed by atoms with van der Waals surface area (Å²) in [6.07, 6.45) is 1.37. The topological polar surface area (TPSA) is 77.0 Å². The lowest BCUT2D eigenvalue weighted by molar-refractivity contribution is 0.270. The van der Waals surface area contributed by atoms with Crippen molar-refractivity contribution < 1.29 is 17.9 Å². The maximum absolute atomic E-state index is 12.4. The van der Waals surface area contributed by atoms with Crippen molar-refractivity contribution in [2.45, 2.75) is 25.3 Å². The molecule has 0 aliphatic rings. The van der Waals surface area contributed by atoms with E-state index in [0.29, 0.717) is 35.3 Å². The van der Waals surface area contributed by atoms with Gasteiger partial charge in [-0.25, -0.2) is 4.83 Å². The molecular formula is C27H25ClN2O4S. The van der Waals surface area contributed by atoms with Crippen LogP contribution in [0.3, 0.4) is 0 Å². The predicted octanol–water partition coefficient (Wildman–Crippen LogP) is 6.09. The molecule has 0 spiro atoms. The molecule has 0 saturated heterocycles. The molecule has 6 nitrogen and oxygen atoms in total. The van der Waals surface area contributed by atoms with E-state index in [0.717, 1.165) is 21.9 Å². The van der Waals surface area contributed by atoms with Crippen molar-refractivity contribution in [1.82, 2.24) is 4.83 Å². The lowest BCUT2D eigenvalue weighted by Gasteiger charge is -2.15. The Morgan fingerprint density at radius 1 is 0.971 bits per heavy atom. The van der Waals surface area contributed by atoms with Crippen LogP contribution in [-0.2, 0) is 16.6 Å². The number of hydrazone groups is 1. The van der Waals surface area contributed by atoms with E-state index in [1.54, 1.807) is 24.3 Å². The van der Waals surface area contributed by atoms with Gasteiger partial charge in [-0.2, -0.15) is 13.5 Å². The minimum Gasteiger partial charge on any atom is -0.490 e. The average molecular weight is 509 g/mol. The third-order valence-electron chi connectivity index (χ3n) is 5.30. The van der Waals surface area contributed by atoms with Crippen LogP contribution in [0.2, 0.25) is 5.02 Å². The second-order valence-electron chi connectivity index (χ2n) is 7.86. The number of ether oxygens (including phenoxy) is 2. The largest absolute Gasteiger partial charge is 0.490 e. The standard InChI is InChI=1S/C27H25ClN2O4S/c1-3-33-26-16-20(17-29-30-35(31,32)23-13-11-19(2)12-14-23)15-25(28)27(26)34-18-22-9-6-8-21-7-4-5-10-24(21)22/h4-17,30H,3,18H2,1-2H3/b29-17-. The highest BCUT2D eigenvalue weighted by Crippen LogP contribution is 2.37. The van der Waals surface area contributed by atoms with Crippen molar-refractivity contribution >= 4 is 38.6 Å². The quantitative estimate of drug-likeness (QED) is 0.219. The third kappa shape index (κ3) is 5.93. The summed E-state index contributed by atoms with van der Waals surface area (Å²) < 4.78 is 36.7. The summed E-state index contributed by atoms with van der Waals surface area (Å²) in [5.41, 5.74) is 2.55. The van der Waals surface area contributed by atoms with Gasteiger partial charge in [0.2, 0.25) is 0 Å². The Kier molecular flexibility index (Phi) is 7.58. The number of fused-ring (bicyclic) bond motifs is 1. The maximum atomic E-state index is 12.4. The first-order chi connectivity index (χ1) is 16.9. The molecule has 4 rings (SSSR count). The Morgan fingerprint density at radius 2 is 1.71 bits per heavy atom. The molecule has 0 bridgehead atoms. The van der Waals surface area contributed by atoms with Gasteiger partial charge in [-0.1, -0.05) is 71.8 Å². The van der Waals surface area contributed by atoms with Crippen molar-refractivity contribution in [3.8, 4) is 11.5 Å². The van der Waals surface area contributed by atoms with Crippen LogP contribution in [0.1, 0.15) is 23.6 Å². The van der Waals surface area contributed by atoms with Crippen molar-refractivity contribution in [1.29, 1.82) is 0 Å². The molecular weight excluding hydrogens is 484 g/mol. The minimum absolute atomic E-state index is 0.130. The number of rotatable bonds is 9. The molecule has 0 aliphatic carbocycles. The van der Waals surface area contributed by atoms with Crippen LogP contribution in [0, 0.1) is 6.92 Å². The normalized spacial score (nSPS) is 11.6. The van der Waals surface area contributed by atoms with E-state index in [1.165, 1.54) is 18.3 Å². The number of hydrogen-bond donors (Lipinski definition) is 1. The van der Waals surface area contributed by atoms with Crippen LogP contribution in [0.5, 0.6) is 11.5 Å². The van der Waals surface area contributed by atoms with E-state index >= 15 is 0 Å². The molecule has 0 fully saturated rings. The van der Waals surface area contributed by atoms with Crippen molar-refractivity contribution in [3.05, 3.63) is 101 Å². The molecule has 4 aromatic carbocycles. The van der Waals surface area contributed by atoms with Gasteiger partial charge in [-0.3, -0.25) is 0 Å². The molecule has 0 atom stereocenters. The monoisotopic (exact) mass is 508 g/mol. The maximum Gasteiger partial charge on any atom is 0.276 e. The average Bonchev–Trinajstić information content (AvgIpc) is 2.84. The smallest absolute Gasteiger partial charge is 0.276 e. The first kappa shape index (κ1) is 24.6. The fourth-order valence-electron chi connectivity index (χ4n) is 3.57. The van der Waals surface area contributed by atoms with Gasteiger partial charge in [0.05, 0.1) is 22.7 Å². The van der Waals surface area contributed by atoms with E-state index in [2.05, 4.69) is 28.1 Å². The summed E-state index contributed by atoms with van der Waals surface area (Å²) in [7, 11) is -3.78. The SMILES string of the molecule is CCOc1cc(/C=N\NS(=O)(=O)c2ccc(C)cc2)cc(Cl)c1OCc1cccc2ccccc12. The van der Waals surface area contributed by atoms with Crippen LogP contribution in [0.25, 0.3) is 10.8 Å². The fraction of sp³-hybridized carbons (Fsp3) is 0.148. The van der Waals surface area contributed by atoms with E-state index in [-0.39, 0.29) is 4.90 Å². The first-order valence-corrected chi connectivity index (χ1v) is 12.9. The summed E-state index contributed by atoms with van der Waals surface area (Å²) in [6.45, 7) is 4.46. The highest BCUT2D eigenvalue weighted by molar-refractivity contribution is 7.89. The second kappa shape index (κ2) is 10.8. The summed E-state index contributed by atoms with van der Waals surface area (Å²) in [6, 6.07) is 24.0. The lowest BCUT2D eigenvalue weighted by Crippen LogP contribution is -2.18. The Balaban J connectivity index is 1.53. The van der Waals surface area contributed by atoms with E-state index < -0.39 is 10.0 Å². The number of aryl methyl sites for hydroxylation is 1. The number of halogens is 1. The number of sulfonamides is 1. The Labute approximate surface area is 210 Å².